The molecule has 0 aliphatic rings. The Morgan fingerprint density at radius 2 is 2.23 bits per heavy atom. The highest BCUT2D eigenvalue weighted by Crippen LogP contribution is 2.07. The number of guanidine groups is 1. The van der Waals surface area contributed by atoms with Gasteiger partial charge < -0.3 is 11.1 Å². The molecule has 3 N–H and O–H groups in total. The van der Waals surface area contributed by atoms with Crippen LogP contribution in [0.3, 0.4) is 0 Å². The smallest absolute Gasteiger partial charge is 0.188 e. The van der Waals surface area contributed by atoms with E-state index in [0.29, 0.717) is 12.5 Å². The summed E-state index contributed by atoms with van der Waals surface area (Å²) in [5.41, 5.74) is 6.94. The highest BCUT2D eigenvalue weighted by atomic mass is 15.1. The first-order valence-corrected chi connectivity index (χ1v) is 7.76. The molecule has 2 heterocycles. The summed E-state index contributed by atoms with van der Waals surface area (Å²) in [7, 11) is 0. The maximum atomic E-state index is 5.88. The lowest BCUT2D eigenvalue weighted by molar-refractivity contribution is 0.652. The number of imidazole rings is 1. The molecule has 2 aromatic heterocycles. The first-order valence-electron chi connectivity index (χ1n) is 7.76. The van der Waals surface area contributed by atoms with Crippen LogP contribution in [-0.4, -0.2) is 27.0 Å². The molecule has 0 bridgehead atoms. The minimum Gasteiger partial charge on any atom is -0.370 e. The van der Waals surface area contributed by atoms with E-state index in [0.717, 1.165) is 24.3 Å². The average molecular weight is 300 g/mol. The Morgan fingerprint density at radius 1 is 1.32 bits per heavy atom. The van der Waals surface area contributed by atoms with Gasteiger partial charge in [0.2, 0.25) is 0 Å². The molecule has 0 amide bonds. The maximum Gasteiger partial charge on any atom is 0.188 e. The number of nitrogens with zero attached hydrogens (tertiary/aromatic N) is 4. The number of nitrogens with two attached hydrogens (primary N) is 1. The molecule has 6 heteroatoms. The molecule has 0 unspecified atom stereocenters. The monoisotopic (exact) mass is 300 g/mol. The second-order valence-corrected chi connectivity index (χ2v) is 5.18. The number of pyridine rings is 1. The fraction of sp³-hybridized carbons (Fsp3) is 0.438. The third kappa shape index (κ3) is 5.20. The quantitative estimate of drug-likeness (QED) is 0.445. The second kappa shape index (κ2) is 8.81. The number of nitrogens with one attached hydrogen (secondary N) is 1. The Labute approximate surface area is 131 Å². The van der Waals surface area contributed by atoms with Crippen LogP contribution < -0.4 is 11.1 Å². The van der Waals surface area contributed by atoms with E-state index in [4.69, 9.17) is 5.73 Å². The molecule has 22 heavy (non-hydrogen) atoms. The molecular formula is C16H24N6. The van der Waals surface area contributed by atoms with Gasteiger partial charge in [0.05, 0.1) is 6.54 Å². The van der Waals surface area contributed by atoms with Crippen LogP contribution >= 0.6 is 0 Å². The molecule has 2 aromatic rings. The number of aliphatic imine (C=N–C) groups is 1. The van der Waals surface area contributed by atoms with Gasteiger partial charge in [0.1, 0.15) is 12.1 Å². The molecule has 0 atom stereocenters. The molecule has 2 rings (SSSR count). The highest BCUT2D eigenvalue weighted by molar-refractivity contribution is 5.77. The number of hydrogen-bond donors (Lipinski definition) is 2. The predicted molar refractivity (Wildman–Crippen MR) is 88.8 cm³/mol. The zero-order valence-corrected chi connectivity index (χ0v) is 13.1. The lowest BCUT2D eigenvalue weighted by Crippen LogP contribution is -2.32. The highest BCUT2D eigenvalue weighted by Gasteiger charge is 1.99. The zero-order valence-electron chi connectivity index (χ0n) is 13.1. The van der Waals surface area contributed by atoms with Crippen molar-refractivity contribution < 1.29 is 0 Å². The topological polar surface area (TPSA) is 81.1 Å². The second-order valence-electron chi connectivity index (χ2n) is 5.18. The van der Waals surface area contributed by atoms with Crippen LogP contribution in [0.1, 0.15) is 38.2 Å². The third-order valence-corrected chi connectivity index (χ3v) is 3.35. The van der Waals surface area contributed by atoms with Crippen molar-refractivity contribution in [2.45, 2.75) is 39.2 Å². The van der Waals surface area contributed by atoms with E-state index in [2.05, 4.69) is 27.2 Å². The number of aromatic nitrogens is 3. The zero-order chi connectivity index (χ0) is 15.6. The van der Waals surface area contributed by atoms with Crippen molar-refractivity contribution in [1.82, 2.24) is 19.9 Å². The van der Waals surface area contributed by atoms with Gasteiger partial charge in [-0.05, 0) is 24.1 Å². The number of hydrogen-bond acceptors (Lipinski definition) is 3. The van der Waals surface area contributed by atoms with E-state index >= 15 is 0 Å². The molecule has 0 fully saturated rings. The van der Waals surface area contributed by atoms with Gasteiger partial charge in [-0.2, -0.15) is 0 Å². The van der Waals surface area contributed by atoms with Gasteiger partial charge in [-0.3, -0.25) is 4.57 Å². The molecule has 0 aliphatic carbocycles. The van der Waals surface area contributed by atoms with Crippen molar-refractivity contribution in [3.8, 4) is 5.82 Å². The van der Waals surface area contributed by atoms with E-state index in [9.17, 15) is 0 Å². The Bertz CT molecular complexity index is 576. The van der Waals surface area contributed by atoms with Gasteiger partial charge in [0.25, 0.3) is 0 Å². The largest absolute Gasteiger partial charge is 0.370 e. The SMILES string of the molecule is CCCCCCNC(N)=NCc1ccnc(-n2ccnc2)c1. The first kappa shape index (κ1) is 16.0. The molecule has 0 spiro atoms. The van der Waals surface area contributed by atoms with Gasteiger partial charge in [-0.15, -0.1) is 0 Å². The van der Waals surface area contributed by atoms with Crippen molar-refractivity contribution in [2.75, 3.05) is 6.54 Å². The minimum atomic E-state index is 0.498. The summed E-state index contributed by atoms with van der Waals surface area (Å²) in [4.78, 5) is 12.7. The van der Waals surface area contributed by atoms with Crippen LogP contribution in [0.5, 0.6) is 0 Å². The summed E-state index contributed by atoms with van der Waals surface area (Å²) in [6.45, 7) is 3.62. The Morgan fingerprint density at radius 3 is 3.00 bits per heavy atom. The van der Waals surface area contributed by atoms with Crippen molar-refractivity contribution in [3.05, 3.63) is 42.6 Å². The van der Waals surface area contributed by atoms with E-state index in [1.807, 2.05) is 22.9 Å². The first-order chi connectivity index (χ1) is 10.8. The van der Waals surface area contributed by atoms with Gasteiger partial charge in [-0.25, -0.2) is 15.0 Å². The van der Waals surface area contributed by atoms with E-state index < -0.39 is 0 Å². The van der Waals surface area contributed by atoms with Crippen molar-refractivity contribution >= 4 is 5.96 Å². The van der Waals surface area contributed by atoms with Crippen LogP contribution in [0, 0.1) is 0 Å². The summed E-state index contributed by atoms with van der Waals surface area (Å²) < 4.78 is 1.86. The van der Waals surface area contributed by atoms with Gasteiger partial charge >= 0.3 is 0 Å². The van der Waals surface area contributed by atoms with E-state index in [-0.39, 0.29) is 0 Å². The lowest BCUT2D eigenvalue weighted by Gasteiger charge is -2.06. The molecule has 0 aromatic carbocycles. The molecule has 0 saturated carbocycles. The van der Waals surface area contributed by atoms with E-state index in [1.54, 1.807) is 18.7 Å². The van der Waals surface area contributed by atoms with Gasteiger partial charge in [0, 0.05) is 25.1 Å². The van der Waals surface area contributed by atoms with Gasteiger partial charge in [0.15, 0.2) is 5.96 Å². The molecule has 0 aliphatic heterocycles. The van der Waals surface area contributed by atoms with Crippen LogP contribution in [0.4, 0.5) is 0 Å². The van der Waals surface area contributed by atoms with E-state index in [1.165, 1.54) is 19.3 Å². The average Bonchev–Trinajstić information content (AvgIpc) is 3.07. The summed E-state index contributed by atoms with van der Waals surface area (Å²) in [5, 5.41) is 3.15. The van der Waals surface area contributed by atoms with Crippen LogP contribution in [0.25, 0.3) is 5.82 Å². The fourth-order valence-corrected chi connectivity index (χ4v) is 2.10. The van der Waals surface area contributed by atoms with Crippen molar-refractivity contribution in [1.29, 1.82) is 0 Å². The molecule has 6 nitrogen and oxygen atoms in total. The predicted octanol–water partition coefficient (Wildman–Crippen LogP) is 2.25. The molecule has 0 saturated heterocycles. The summed E-state index contributed by atoms with van der Waals surface area (Å²) >= 11 is 0. The van der Waals surface area contributed by atoms with Crippen LogP contribution in [0.2, 0.25) is 0 Å². The normalized spacial score (nSPS) is 11.6. The number of unbranched alkanes of at least 4 members (excludes halogenated alkanes) is 3. The molecule has 0 radical (unpaired) electrons. The Balaban J connectivity index is 1.83. The number of rotatable bonds is 8. The Kier molecular flexibility index (Phi) is 6.41. The lowest BCUT2D eigenvalue weighted by atomic mass is 10.2. The fourth-order valence-electron chi connectivity index (χ4n) is 2.10. The van der Waals surface area contributed by atoms with Crippen LogP contribution in [0.15, 0.2) is 42.0 Å². The van der Waals surface area contributed by atoms with Crippen molar-refractivity contribution in [2.24, 2.45) is 10.7 Å². The summed E-state index contributed by atoms with van der Waals surface area (Å²) in [5.74, 6) is 1.33. The Hall–Kier alpha value is -2.37. The molecule has 118 valence electrons. The minimum absolute atomic E-state index is 0.498. The summed E-state index contributed by atoms with van der Waals surface area (Å²) in [6, 6.07) is 3.93. The molecular weight excluding hydrogens is 276 g/mol. The van der Waals surface area contributed by atoms with Gasteiger partial charge in [-0.1, -0.05) is 26.2 Å². The third-order valence-electron chi connectivity index (χ3n) is 3.35. The van der Waals surface area contributed by atoms with Crippen molar-refractivity contribution in [3.63, 3.8) is 0 Å². The summed E-state index contributed by atoms with van der Waals surface area (Å²) in [6.07, 6.45) is 12.0. The van der Waals surface area contributed by atoms with Crippen LogP contribution in [-0.2, 0) is 6.54 Å². The standard InChI is InChI=1S/C16H24N6/c1-2-3-4-5-7-20-16(17)21-12-14-6-8-19-15(11-14)22-10-9-18-13-22/h6,8-11,13H,2-5,7,12H2,1H3,(H3,17,20,21). The maximum absolute atomic E-state index is 5.88.